The summed E-state index contributed by atoms with van der Waals surface area (Å²) in [4.78, 5) is 20.1. The number of halogens is 1. The first-order valence-electron chi connectivity index (χ1n) is 9.29. The van der Waals surface area contributed by atoms with Gasteiger partial charge >= 0.3 is 0 Å². The Balaban J connectivity index is 1.47. The number of amides is 1. The molecule has 5 nitrogen and oxygen atoms in total. The second kappa shape index (κ2) is 8.67. The summed E-state index contributed by atoms with van der Waals surface area (Å²) in [6.07, 6.45) is 3.62. The molecule has 0 radical (unpaired) electrons. The van der Waals surface area contributed by atoms with Crippen LogP contribution in [0.25, 0.3) is 10.8 Å². The van der Waals surface area contributed by atoms with Gasteiger partial charge in [0.1, 0.15) is 12.1 Å². The maximum absolute atomic E-state index is 13.6. The lowest BCUT2D eigenvalue weighted by Crippen LogP contribution is -2.38. The minimum atomic E-state index is -0.306. The molecule has 1 aliphatic rings. The van der Waals surface area contributed by atoms with Crippen molar-refractivity contribution in [2.45, 2.75) is 31.9 Å². The van der Waals surface area contributed by atoms with Crippen LogP contribution in [-0.4, -0.2) is 35.0 Å². The third-order valence-corrected chi connectivity index (χ3v) is 5.54. The van der Waals surface area contributed by atoms with Crippen LogP contribution in [0.5, 0.6) is 0 Å². The van der Waals surface area contributed by atoms with Crippen molar-refractivity contribution in [3.8, 4) is 10.8 Å². The van der Waals surface area contributed by atoms with Crippen LogP contribution in [0.3, 0.4) is 0 Å². The number of aromatic nitrogens is 1. The van der Waals surface area contributed by atoms with Crippen LogP contribution in [0.15, 0.2) is 52.5 Å². The number of thiophene rings is 1. The van der Waals surface area contributed by atoms with Crippen molar-refractivity contribution in [2.24, 2.45) is 0 Å². The van der Waals surface area contributed by atoms with E-state index in [2.05, 4.69) is 4.98 Å². The van der Waals surface area contributed by atoms with Crippen molar-refractivity contribution >= 4 is 17.2 Å². The van der Waals surface area contributed by atoms with E-state index in [1.807, 2.05) is 23.6 Å². The Bertz CT molecular complexity index is 919. The van der Waals surface area contributed by atoms with Crippen molar-refractivity contribution in [1.82, 2.24) is 9.88 Å². The minimum absolute atomic E-state index is 0.0245. The smallest absolute Gasteiger partial charge is 0.236 e. The highest BCUT2D eigenvalue weighted by Gasteiger charge is 2.24. The van der Waals surface area contributed by atoms with Crippen molar-refractivity contribution in [1.29, 1.82) is 0 Å². The first-order chi connectivity index (χ1) is 13.7. The first-order valence-corrected chi connectivity index (χ1v) is 10.2. The van der Waals surface area contributed by atoms with Crippen LogP contribution in [0.2, 0.25) is 0 Å². The zero-order valence-corrected chi connectivity index (χ0v) is 16.2. The highest BCUT2D eigenvalue weighted by atomic mass is 32.1. The van der Waals surface area contributed by atoms with E-state index in [0.717, 1.165) is 29.9 Å². The van der Waals surface area contributed by atoms with Gasteiger partial charge in [0, 0.05) is 19.7 Å². The molecule has 4 rings (SSSR count). The van der Waals surface area contributed by atoms with Crippen molar-refractivity contribution in [2.75, 3.05) is 13.2 Å². The average Bonchev–Trinajstić information content (AvgIpc) is 3.44. The Kier molecular flexibility index (Phi) is 5.83. The molecule has 1 atom stereocenters. The van der Waals surface area contributed by atoms with E-state index in [0.29, 0.717) is 24.7 Å². The molecule has 0 aliphatic carbocycles. The van der Waals surface area contributed by atoms with E-state index in [1.165, 1.54) is 29.7 Å². The van der Waals surface area contributed by atoms with E-state index in [4.69, 9.17) is 9.15 Å². The molecular formula is C21H21FN2O3S. The van der Waals surface area contributed by atoms with E-state index in [9.17, 15) is 9.18 Å². The molecule has 1 amide bonds. The fourth-order valence-electron chi connectivity index (χ4n) is 3.31. The molecule has 1 fully saturated rings. The summed E-state index contributed by atoms with van der Waals surface area (Å²) >= 11 is 1.54. The van der Waals surface area contributed by atoms with Gasteiger partial charge in [-0.3, -0.25) is 4.79 Å². The van der Waals surface area contributed by atoms with Crippen LogP contribution in [-0.2, 0) is 22.5 Å². The van der Waals surface area contributed by atoms with Gasteiger partial charge < -0.3 is 14.1 Å². The predicted molar refractivity (Wildman–Crippen MR) is 104 cm³/mol. The fraction of sp³-hybridized carbons (Fsp3) is 0.333. The second-order valence-electron chi connectivity index (χ2n) is 6.84. The van der Waals surface area contributed by atoms with E-state index < -0.39 is 0 Å². The molecule has 3 aromatic rings. The van der Waals surface area contributed by atoms with E-state index >= 15 is 0 Å². The third-order valence-electron chi connectivity index (χ3n) is 4.68. The van der Waals surface area contributed by atoms with Crippen LogP contribution < -0.4 is 0 Å². The average molecular weight is 400 g/mol. The normalized spacial score (nSPS) is 16.4. The summed E-state index contributed by atoms with van der Waals surface area (Å²) in [5.74, 6) is 0.138. The number of oxazole rings is 1. The SMILES string of the molecule is O=C(Cc1coc(-c2cccs2)n1)N(Cc1cccc(F)c1)CC1CCCO1. The lowest BCUT2D eigenvalue weighted by molar-refractivity contribution is -0.132. The van der Waals surface area contributed by atoms with Gasteiger partial charge in [-0.2, -0.15) is 0 Å². The van der Waals surface area contributed by atoms with Gasteiger partial charge in [0.2, 0.25) is 11.8 Å². The Labute approximate surface area is 166 Å². The Morgan fingerprint density at radius 1 is 1.32 bits per heavy atom. The Hall–Kier alpha value is -2.51. The number of nitrogens with zero attached hydrogens (tertiary/aromatic N) is 2. The van der Waals surface area contributed by atoms with Gasteiger partial charge in [-0.15, -0.1) is 11.3 Å². The number of carbonyl (C=O) groups excluding carboxylic acids is 1. The summed E-state index contributed by atoms with van der Waals surface area (Å²) in [6, 6.07) is 10.2. The standard InChI is InChI=1S/C21H21FN2O3S/c22-16-5-1-4-15(10-16)12-24(13-18-6-2-8-26-18)20(25)11-17-14-27-21(23-17)19-7-3-9-28-19/h1,3-5,7,9-10,14,18H,2,6,8,11-13H2. The lowest BCUT2D eigenvalue weighted by Gasteiger charge is -2.25. The number of hydrogen-bond acceptors (Lipinski definition) is 5. The molecule has 3 heterocycles. The molecule has 2 aromatic heterocycles. The molecule has 0 saturated carbocycles. The number of benzene rings is 1. The molecule has 7 heteroatoms. The molecule has 1 saturated heterocycles. The van der Waals surface area contributed by atoms with Gasteiger partial charge in [0.05, 0.1) is 23.1 Å². The van der Waals surface area contributed by atoms with E-state index in [1.54, 1.807) is 11.0 Å². The summed E-state index contributed by atoms with van der Waals surface area (Å²) in [6.45, 7) is 1.55. The molecule has 0 N–H and O–H groups in total. The van der Waals surface area contributed by atoms with Crippen LogP contribution in [0, 0.1) is 5.82 Å². The zero-order valence-electron chi connectivity index (χ0n) is 15.3. The van der Waals surface area contributed by atoms with Crippen LogP contribution >= 0.6 is 11.3 Å². The van der Waals surface area contributed by atoms with Crippen molar-refractivity contribution in [3.63, 3.8) is 0 Å². The molecule has 0 spiro atoms. The van der Waals surface area contributed by atoms with Crippen molar-refractivity contribution < 1.29 is 18.3 Å². The first kappa shape index (κ1) is 18.8. The highest BCUT2D eigenvalue weighted by molar-refractivity contribution is 7.13. The minimum Gasteiger partial charge on any atom is -0.444 e. The highest BCUT2D eigenvalue weighted by Crippen LogP contribution is 2.24. The molecule has 28 heavy (non-hydrogen) atoms. The molecule has 1 unspecified atom stereocenters. The number of hydrogen-bond donors (Lipinski definition) is 0. The van der Waals surface area contributed by atoms with Crippen LogP contribution in [0.1, 0.15) is 24.1 Å². The number of carbonyl (C=O) groups is 1. The van der Waals surface area contributed by atoms with Gasteiger partial charge in [0.25, 0.3) is 0 Å². The molecule has 0 bridgehead atoms. The summed E-state index contributed by atoms with van der Waals surface area (Å²) in [5.41, 5.74) is 1.34. The van der Waals surface area contributed by atoms with Gasteiger partial charge in [-0.05, 0) is 42.0 Å². The topological polar surface area (TPSA) is 55.6 Å². The fourth-order valence-corrected chi connectivity index (χ4v) is 3.97. The quantitative estimate of drug-likeness (QED) is 0.594. The molecule has 146 valence electrons. The lowest BCUT2D eigenvalue weighted by atomic mass is 10.1. The molecule has 1 aromatic carbocycles. The predicted octanol–water partition coefficient (Wildman–Crippen LogP) is 4.29. The number of rotatable bonds is 7. The number of ether oxygens (including phenoxy) is 1. The summed E-state index contributed by atoms with van der Waals surface area (Å²) in [5, 5.41) is 1.95. The van der Waals surface area contributed by atoms with E-state index in [-0.39, 0.29) is 24.2 Å². The maximum atomic E-state index is 13.6. The zero-order chi connectivity index (χ0) is 19.3. The Morgan fingerprint density at radius 3 is 3.00 bits per heavy atom. The van der Waals surface area contributed by atoms with Gasteiger partial charge in [0.15, 0.2) is 0 Å². The largest absolute Gasteiger partial charge is 0.444 e. The Morgan fingerprint density at radius 2 is 2.25 bits per heavy atom. The molecular weight excluding hydrogens is 379 g/mol. The third kappa shape index (κ3) is 4.66. The van der Waals surface area contributed by atoms with Crippen LogP contribution in [0.4, 0.5) is 4.39 Å². The van der Waals surface area contributed by atoms with Crippen molar-refractivity contribution in [3.05, 3.63) is 65.1 Å². The molecule has 1 aliphatic heterocycles. The summed E-state index contributed by atoms with van der Waals surface area (Å²) in [7, 11) is 0. The van der Waals surface area contributed by atoms with Gasteiger partial charge in [-0.25, -0.2) is 9.37 Å². The second-order valence-corrected chi connectivity index (χ2v) is 7.78. The maximum Gasteiger partial charge on any atom is 0.236 e. The summed E-state index contributed by atoms with van der Waals surface area (Å²) < 4.78 is 24.8. The monoisotopic (exact) mass is 400 g/mol. The van der Waals surface area contributed by atoms with Gasteiger partial charge in [-0.1, -0.05) is 18.2 Å².